The molecule has 12 nitrogen and oxygen atoms in total. The average Bonchev–Trinajstić information content (AvgIpc) is 3.36. The van der Waals surface area contributed by atoms with Crippen LogP contribution >= 0.6 is 0 Å². The summed E-state index contributed by atoms with van der Waals surface area (Å²) in [5, 5.41) is 2.40. The molecule has 1 amide bonds. The Morgan fingerprint density at radius 2 is 1.81 bits per heavy atom. The molecule has 0 spiro atoms. The first kappa shape index (κ1) is 24.7. The Balaban J connectivity index is 1.22. The highest BCUT2D eigenvalue weighted by Gasteiger charge is 2.29. The van der Waals surface area contributed by atoms with Gasteiger partial charge in [0.2, 0.25) is 0 Å². The summed E-state index contributed by atoms with van der Waals surface area (Å²) in [5.74, 6) is 0.919. The van der Waals surface area contributed by atoms with Gasteiger partial charge in [0.1, 0.15) is 30.5 Å². The number of aromatic nitrogens is 2. The highest BCUT2D eigenvalue weighted by Crippen LogP contribution is 2.21. The zero-order chi connectivity index (χ0) is 25.3. The Morgan fingerprint density at radius 3 is 2.53 bits per heavy atom. The van der Waals surface area contributed by atoms with E-state index in [4.69, 9.17) is 28.4 Å². The quantitative estimate of drug-likeness (QED) is 0.365. The zero-order valence-electron chi connectivity index (χ0n) is 19.2. The van der Waals surface area contributed by atoms with Crippen molar-refractivity contribution < 1.29 is 38.0 Å². The summed E-state index contributed by atoms with van der Waals surface area (Å²) in [5.41, 5.74) is 0.145. The summed E-state index contributed by atoms with van der Waals surface area (Å²) in [6.45, 7) is -0.149. The maximum Gasteiger partial charge on any atom is 0.514 e. The Bertz CT molecular complexity index is 1230. The maximum atomic E-state index is 12.4. The molecule has 2 atom stereocenters. The number of hydrogen-bond donors (Lipinski definition) is 1. The number of anilines is 1. The van der Waals surface area contributed by atoms with E-state index in [2.05, 4.69) is 10.3 Å². The number of carbonyl (C=O) groups excluding carboxylic acids is 2. The molecule has 1 aliphatic rings. The van der Waals surface area contributed by atoms with Gasteiger partial charge in [-0.1, -0.05) is 30.3 Å². The van der Waals surface area contributed by atoms with Crippen molar-refractivity contribution in [2.45, 2.75) is 19.1 Å². The number of hydrogen-bond acceptors (Lipinski definition) is 10. The summed E-state index contributed by atoms with van der Waals surface area (Å²) >= 11 is 0. The molecule has 0 unspecified atom stereocenters. The molecule has 1 N–H and O–H groups in total. The van der Waals surface area contributed by atoms with E-state index in [0.717, 1.165) is 5.56 Å². The van der Waals surface area contributed by atoms with Crippen molar-refractivity contribution in [1.82, 2.24) is 9.55 Å². The summed E-state index contributed by atoms with van der Waals surface area (Å²) in [6.07, 6.45) is -1.99. The molecule has 0 saturated carbocycles. The fourth-order valence-electron chi connectivity index (χ4n) is 3.15. The minimum absolute atomic E-state index is 0.0226. The molecule has 2 aromatic carbocycles. The zero-order valence-corrected chi connectivity index (χ0v) is 19.2. The molecular formula is C24H23N3O9. The standard InChI is InChI=1S/C24H23N3O9/c1-31-17-7-9-18(10-8-17)35-24(30)34-15-21-32-14-20(36-21)27-12-11-19(25-22(27)28)26-23(29)33-13-16-5-3-2-4-6-16/h2-12,20-21H,13-15H2,1H3,(H,25,26,28,29)/t20-,21-/m0/s1. The third-order valence-electron chi connectivity index (χ3n) is 4.91. The Kier molecular flexibility index (Phi) is 8.11. The highest BCUT2D eigenvalue weighted by atomic mass is 16.8. The summed E-state index contributed by atoms with van der Waals surface area (Å²) < 4.78 is 32.4. The van der Waals surface area contributed by atoms with Crippen LogP contribution in [0.25, 0.3) is 0 Å². The van der Waals surface area contributed by atoms with Gasteiger partial charge in [0, 0.05) is 6.20 Å². The van der Waals surface area contributed by atoms with Crippen molar-refractivity contribution in [2.75, 3.05) is 25.6 Å². The first-order valence-electron chi connectivity index (χ1n) is 10.8. The normalized spacial score (nSPS) is 16.7. The van der Waals surface area contributed by atoms with Gasteiger partial charge in [-0.25, -0.2) is 14.4 Å². The van der Waals surface area contributed by atoms with Crippen LogP contribution in [0.5, 0.6) is 11.5 Å². The fraction of sp³-hybridized carbons (Fsp3) is 0.250. The van der Waals surface area contributed by atoms with E-state index in [0.29, 0.717) is 5.75 Å². The molecule has 2 heterocycles. The van der Waals surface area contributed by atoms with Crippen LogP contribution in [0.15, 0.2) is 71.7 Å². The molecule has 4 rings (SSSR count). The lowest BCUT2D eigenvalue weighted by Crippen LogP contribution is -2.29. The van der Waals surface area contributed by atoms with Crippen LogP contribution in [0.4, 0.5) is 15.4 Å². The molecule has 1 aliphatic heterocycles. The first-order valence-corrected chi connectivity index (χ1v) is 10.8. The third kappa shape index (κ3) is 6.81. The topological polar surface area (TPSA) is 136 Å². The number of rotatable bonds is 8. The monoisotopic (exact) mass is 497 g/mol. The maximum absolute atomic E-state index is 12.4. The number of carbonyl (C=O) groups is 2. The average molecular weight is 497 g/mol. The van der Waals surface area contributed by atoms with E-state index in [-0.39, 0.29) is 31.4 Å². The lowest BCUT2D eigenvalue weighted by atomic mass is 10.2. The predicted octanol–water partition coefficient (Wildman–Crippen LogP) is 3.09. The van der Waals surface area contributed by atoms with Gasteiger partial charge >= 0.3 is 17.9 Å². The SMILES string of the molecule is COc1ccc(OC(=O)OC[C@H]2OC[C@@H](n3ccc(NC(=O)OCc4ccccc4)nc3=O)O2)cc1. The van der Waals surface area contributed by atoms with Gasteiger partial charge in [0.15, 0.2) is 12.5 Å². The van der Waals surface area contributed by atoms with Crippen LogP contribution in [-0.2, 0) is 25.6 Å². The van der Waals surface area contributed by atoms with Crippen LogP contribution in [-0.4, -0.2) is 48.4 Å². The molecule has 36 heavy (non-hydrogen) atoms. The molecule has 1 fully saturated rings. The molecule has 3 aromatic rings. The molecule has 1 aromatic heterocycles. The van der Waals surface area contributed by atoms with Gasteiger partial charge in [-0.3, -0.25) is 9.88 Å². The van der Waals surface area contributed by atoms with Crippen molar-refractivity contribution in [3.8, 4) is 11.5 Å². The van der Waals surface area contributed by atoms with Gasteiger partial charge in [0.25, 0.3) is 0 Å². The van der Waals surface area contributed by atoms with E-state index in [9.17, 15) is 14.4 Å². The molecule has 0 bridgehead atoms. The van der Waals surface area contributed by atoms with E-state index in [1.165, 1.54) is 23.9 Å². The second-order valence-electron chi connectivity index (χ2n) is 7.38. The summed E-state index contributed by atoms with van der Waals surface area (Å²) in [7, 11) is 1.53. The third-order valence-corrected chi connectivity index (χ3v) is 4.91. The van der Waals surface area contributed by atoms with E-state index < -0.39 is 30.5 Å². The van der Waals surface area contributed by atoms with E-state index >= 15 is 0 Å². The molecule has 188 valence electrons. The van der Waals surface area contributed by atoms with Crippen molar-refractivity contribution >= 4 is 18.1 Å². The van der Waals surface area contributed by atoms with Crippen molar-refractivity contribution in [3.05, 3.63) is 82.9 Å². The molecular weight excluding hydrogens is 474 g/mol. The smallest absolute Gasteiger partial charge is 0.497 e. The van der Waals surface area contributed by atoms with Crippen molar-refractivity contribution in [1.29, 1.82) is 0 Å². The van der Waals surface area contributed by atoms with Crippen molar-refractivity contribution in [3.63, 3.8) is 0 Å². The van der Waals surface area contributed by atoms with Gasteiger partial charge in [-0.15, -0.1) is 0 Å². The van der Waals surface area contributed by atoms with Crippen LogP contribution in [0.3, 0.4) is 0 Å². The van der Waals surface area contributed by atoms with Crippen LogP contribution < -0.4 is 20.5 Å². The second-order valence-corrected chi connectivity index (χ2v) is 7.38. The molecule has 0 radical (unpaired) electrons. The molecule has 0 aliphatic carbocycles. The van der Waals surface area contributed by atoms with Gasteiger partial charge < -0.3 is 28.4 Å². The summed E-state index contributed by atoms with van der Waals surface area (Å²) in [4.78, 5) is 40.1. The second kappa shape index (κ2) is 11.8. The lowest BCUT2D eigenvalue weighted by Gasteiger charge is -2.14. The lowest BCUT2D eigenvalue weighted by molar-refractivity contribution is -0.105. The largest absolute Gasteiger partial charge is 0.514 e. The Hall–Kier alpha value is -4.42. The number of amides is 1. The first-order chi connectivity index (χ1) is 17.5. The van der Waals surface area contributed by atoms with E-state index in [1.807, 2.05) is 30.3 Å². The molecule has 12 heteroatoms. The van der Waals surface area contributed by atoms with Gasteiger partial charge in [0.05, 0.1) is 13.7 Å². The van der Waals surface area contributed by atoms with Gasteiger partial charge in [-0.05, 0) is 35.9 Å². The number of nitrogens with one attached hydrogen (secondary N) is 1. The van der Waals surface area contributed by atoms with Gasteiger partial charge in [-0.2, -0.15) is 4.98 Å². The number of nitrogens with zero attached hydrogens (tertiary/aromatic N) is 2. The minimum atomic E-state index is -0.941. The predicted molar refractivity (Wildman–Crippen MR) is 124 cm³/mol. The highest BCUT2D eigenvalue weighted by molar-refractivity contribution is 5.83. The Labute approximate surface area is 205 Å². The van der Waals surface area contributed by atoms with E-state index in [1.54, 1.807) is 24.3 Å². The minimum Gasteiger partial charge on any atom is -0.497 e. The van der Waals surface area contributed by atoms with Crippen molar-refractivity contribution in [2.24, 2.45) is 0 Å². The fourth-order valence-corrected chi connectivity index (χ4v) is 3.15. The van der Waals surface area contributed by atoms with Crippen LogP contribution in [0.1, 0.15) is 11.8 Å². The molecule has 1 saturated heterocycles. The number of benzene rings is 2. The van der Waals surface area contributed by atoms with Crippen LogP contribution in [0, 0.1) is 0 Å². The number of ether oxygens (including phenoxy) is 6. The van der Waals surface area contributed by atoms with Crippen LogP contribution in [0.2, 0.25) is 0 Å². The Morgan fingerprint density at radius 1 is 1.06 bits per heavy atom. The number of methoxy groups -OCH3 is 1. The summed E-state index contributed by atoms with van der Waals surface area (Å²) in [6, 6.07) is 17.0.